The fraction of sp³-hybridized carbons (Fsp3) is 0.522. The number of nitrogens with one attached hydrogen (secondary N) is 2. The van der Waals surface area contributed by atoms with Gasteiger partial charge >= 0.3 is 19.4 Å². The average molecular weight is 527 g/mol. The molecule has 2 aromatic rings. The van der Waals surface area contributed by atoms with Gasteiger partial charge in [-0.1, -0.05) is 18.2 Å². The number of ether oxygens (including phenoxy) is 1. The number of esters is 1. The van der Waals surface area contributed by atoms with Gasteiger partial charge in [-0.25, -0.2) is 13.8 Å². The number of aliphatic hydroxyl groups is 1. The highest BCUT2D eigenvalue weighted by molar-refractivity contribution is 7.52. The van der Waals surface area contributed by atoms with E-state index in [1.807, 2.05) is 0 Å². The van der Waals surface area contributed by atoms with Crippen molar-refractivity contribution in [1.82, 2.24) is 14.6 Å². The molecule has 36 heavy (non-hydrogen) atoms. The van der Waals surface area contributed by atoms with Crippen LogP contribution >= 0.6 is 7.75 Å². The van der Waals surface area contributed by atoms with Crippen LogP contribution in [0.4, 0.5) is 4.39 Å². The van der Waals surface area contributed by atoms with Gasteiger partial charge in [-0.2, -0.15) is 5.09 Å². The van der Waals surface area contributed by atoms with Gasteiger partial charge in [-0.05, 0) is 46.2 Å². The highest BCUT2D eigenvalue weighted by Gasteiger charge is 2.54. The molecule has 3 rings (SSSR count). The molecule has 0 aliphatic heterocycles. The molecule has 1 fully saturated rings. The quantitative estimate of drug-likeness (QED) is 0.313. The molecular formula is C23H31FN3O8P. The van der Waals surface area contributed by atoms with Crippen molar-refractivity contribution >= 4 is 13.7 Å². The van der Waals surface area contributed by atoms with Crippen molar-refractivity contribution in [3.63, 3.8) is 0 Å². The predicted octanol–water partition coefficient (Wildman–Crippen LogP) is 2.32. The Morgan fingerprint density at radius 2 is 1.94 bits per heavy atom. The smallest absolute Gasteiger partial charge is 0.459 e. The van der Waals surface area contributed by atoms with Gasteiger partial charge in [0.2, 0.25) is 0 Å². The maximum atomic E-state index is 15.6. The van der Waals surface area contributed by atoms with Crippen LogP contribution in [0.5, 0.6) is 5.75 Å². The zero-order valence-electron chi connectivity index (χ0n) is 20.4. The first-order chi connectivity index (χ1) is 16.8. The Bertz CT molecular complexity index is 1220. The van der Waals surface area contributed by atoms with Gasteiger partial charge in [0.15, 0.2) is 5.67 Å². The summed E-state index contributed by atoms with van der Waals surface area (Å²) >= 11 is 0. The number of aromatic amines is 1. The molecule has 1 saturated carbocycles. The fourth-order valence-electron chi connectivity index (χ4n) is 4.05. The molecule has 6 atom stereocenters. The Morgan fingerprint density at radius 1 is 1.28 bits per heavy atom. The van der Waals surface area contributed by atoms with Crippen LogP contribution in [-0.4, -0.2) is 51.2 Å². The number of hydrogen-bond acceptors (Lipinski definition) is 8. The molecule has 6 unspecified atom stereocenters. The van der Waals surface area contributed by atoms with Crippen molar-refractivity contribution in [3.05, 3.63) is 63.4 Å². The summed E-state index contributed by atoms with van der Waals surface area (Å²) in [5.41, 5.74) is -3.71. The molecule has 0 saturated heterocycles. The summed E-state index contributed by atoms with van der Waals surface area (Å²) < 4.78 is 46.5. The largest absolute Gasteiger partial charge is 0.462 e. The Hall–Kier alpha value is -2.79. The van der Waals surface area contributed by atoms with E-state index in [9.17, 15) is 24.1 Å². The van der Waals surface area contributed by atoms with E-state index >= 15 is 4.39 Å². The van der Waals surface area contributed by atoms with Crippen molar-refractivity contribution in [1.29, 1.82) is 0 Å². The SMILES string of the molecule is CC(C)OC(=O)C(C)NP(=O)(OCC1CC(n2ccc(=O)[nH]c2=O)C(C)(F)C1O)Oc1ccccc1. The maximum absolute atomic E-state index is 15.6. The van der Waals surface area contributed by atoms with Gasteiger partial charge in [-0.15, -0.1) is 0 Å². The number of carbonyl (C=O) groups excluding carboxylic acids is 1. The van der Waals surface area contributed by atoms with E-state index < -0.39 is 67.4 Å². The van der Waals surface area contributed by atoms with E-state index in [2.05, 4.69) is 10.1 Å². The Morgan fingerprint density at radius 3 is 2.56 bits per heavy atom. The van der Waals surface area contributed by atoms with Crippen LogP contribution in [0.15, 0.2) is 52.2 Å². The van der Waals surface area contributed by atoms with E-state index in [-0.39, 0.29) is 12.2 Å². The third-order valence-corrected chi connectivity index (χ3v) is 7.52. The topological polar surface area (TPSA) is 149 Å². The third-order valence-electron chi connectivity index (χ3n) is 5.87. The third kappa shape index (κ3) is 6.50. The Labute approximate surface area is 207 Å². The monoisotopic (exact) mass is 527 g/mol. The number of para-hydroxylation sites is 1. The van der Waals surface area contributed by atoms with Gasteiger partial charge in [0.25, 0.3) is 5.56 Å². The second-order valence-corrected chi connectivity index (χ2v) is 10.9. The molecule has 1 heterocycles. The van der Waals surface area contributed by atoms with Crippen molar-refractivity contribution in [2.24, 2.45) is 5.92 Å². The van der Waals surface area contributed by atoms with Gasteiger partial charge < -0.3 is 14.4 Å². The lowest BCUT2D eigenvalue weighted by Crippen LogP contribution is -2.43. The highest BCUT2D eigenvalue weighted by Crippen LogP contribution is 2.49. The molecule has 13 heteroatoms. The summed E-state index contributed by atoms with van der Waals surface area (Å²) in [7, 11) is -4.22. The minimum absolute atomic E-state index is 0.0591. The maximum Gasteiger partial charge on any atom is 0.459 e. The van der Waals surface area contributed by atoms with Crippen LogP contribution in [0.3, 0.4) is 0 Å². The fourth-order valence-corrected chi connectivity index (χ4v) is 5.60. The molecule has 11 nitrogen and oxygen atoms in total. The van der Waals surface area contributed by atoms with E-state index in [1.165, 1.54) is 19.1 Å². The number of nitrogens with zero attached hydrogens (tertiary/aromatic N) is 1. The van der Waals surface area contributed by atoms with Crippen LogP contribution in [0.2, 0.25) is 0 Å². The molecule has 198 valence electrons. The van der Waals surface area contributed by atoms with Crippen LogP contribution in [0, 0.1) is 5.92 Å². The van der Waals surface area contributed by atoms with Gasteiger partial charge in [-0.3, -0.25) is 23.7 Å². The number of benzene rings is 1. The zero-order chi connectivity index (χ0) is 26.7. The molecule has 1 aliphatic carbocycles. The van der Waals surface area contributed by atoms with Crippen molar-refractivity contribution in [2.45, 2.75) is 64.1 Å². The summed E-state index contributed by atoms with van der Waals surface area (Å²) in [6, 6.07) is 6.99. The lowest BCUT2D eigenvalue weighted by atomic mass is 9.98. The number of H-pyrrole nitrogens is 1. The number of rotatable bonds is 10. The Balaban J connectivity index is 1.80. The molecule has 0 spiro atoms. The van der Waals surface area contributed by atoms with Crippen LogP contribution < -0.4 is 20.9 Å². The number of aromatic nitrogens is 2. The van der Waals surface area contributed by atoms with Gasteiger partial charge in [0.05, 0.1) is 24.9 Å². The zero-order valence-corrected chi connectivity index (χ0v) is 21.3. The second-order valence-electron chi connectivity index (χ2n) is 9.16. The van der Waals surface area contributed by atoms with Crippen molar-refractivity contribution in [3.8, 4) is 5.75 Å². The van der Waals surface area contributed by atoms with Crippen LogP contribution in [-0.2, 0) is 18.6 Å². The first-order valence-electron chi connectivity index (χ1n) is 11.5. The Kier molecular flexibility index (Phi) is 8.55. The standard InChI is InChI=1S/C23H31FN3O8P/c1-14(2)34-21(30)15(3)26-36(32,35-17-8-6-5-7-9-17)33-13-16-12-18(23(4,24)20(16)29)27-11-10-19(28)25-22(27)31/h5-11,14-16,18,20,29H,12-13H2,1-4H3,(H,26,32)(H,25,28,31). The molecule has 1 aromatic heterocycles. The first kappa shape index (κ1) is 27.8. The van der Waals surface area contributed by atoms with E-state index in [0.717, 1.165) is 23.8 Å². The highest BCUT2D eigenvalue weighted by atomic mass is 31.2. The first-order valence-corrected chi connectivity index (χ1v) is 13.0. The molecular weight excluding hydrogens is 496 g/mol. The summed E-state index contributed by atoms with van der Waals surface area (Å²) in [6.45, 7) is 5.48. The summed E-state index contributed by atoms with van der Waals surface area (Å²) in [5.74, 6) is -1.38. The number of carbonyl (C=O) groups is 1. The lowest BCUT2D eigenvalue weighted by Gasteiger charge is -2.28. The van der Waals surface area contributed by atoms with E-state index in [1.54, 1.807) is 32.0 Å². The molecule has 3 N–H and O–H groups in total. The van der Waals surface area contributed by atoms with E-state index in [4.69, 9.17) is 13.8 Å². The molecule has 0 bridgehead atoms. The second kappa shape index (κ2) is 11.1. The normalized spacial score (nSPS) is 26.4. The molecule has 0 radical (unpaired) electrons. The average Bonchev–Trinajstić information content (AvgIpc) is 3.01. The minimum Gasteiger partial charge on any atom is -0.462 e. The summed E-state index contributed by atoms with van der Waals surface area (Å²) in [4.78, 5) is 37.9. The number of halogens is 1. The van der Waals surface area contributed by atoms with Gasteiger partial charge in [0.1, 0.15) is 11.8 Å². The molecule has 1 aliphatic rings. The van der Waals surface area contributed by atoms with Crippen molar-refractivity contribution < 1.29 is 32.6 Å². The minimum atomic E-state index is -4.22. The lowest BCUT2D eigenvalue weighted by molar-refractivity contribution is -0.149. The number of alkyl halides is 1. The van der Waals surface area contributed by atoms with Crippen molar-refractivity contribution in [2.75, 3.05) is 6.61 Å². The van der Waals surface area contributed by atoms with Crippen LogP contribution in [0.25, 0.3) is 0 Å². The summed E-state index contributed by atoms with van der Waals surface area (Å²) in [6.07, 6.45) is -0.890. The summed E-state index contributed by atoms with van der Waals surface area (Å²) in [5, 5.41) is 13.2. The number of hydrogen-bond donors (Lipinski definition) is 3. The van der Waals surface area contributed by atoms with E-state index in [0.29, 0.717) is 0 Å². The van der Waals surface area contributed by atoms with Gasteiger partial charge in [0, 0.05) is 18.2 Å². The molecule has 0 amide bonds. The molecule has 1 aromatic carbocycles. The van der Waals surface area contributed by atoms with Crippen LogP contribution in [0.1, 0.15) is 40.2 Å². The number of aliphatic hydroxyl groups excluding tert-OH is 1. The predicted molar refractivity (Wildman–Crippen MR) is 128 cm³/mol.